The fourth-order valence-corrected chi connectivity index (χ4v) is 3.40. The Morgan fingerprint density at radius 1 is 1.05 bits per heavy atom. The maximum absolute atomic E-state index is 6.29. The second kappa shape index (κ2) is 5.79. The number of halogens is 2. The lowest BCUT2D eigenvalue weighted by Gasteiger charge is -2.12. The third-order valence-electron chi connectivity index (χ3n) is 3.40. The number of benzene rings is 2. The highest BCUT2D eigenvalue weighted by molar-refractivity contribution is 7.00. The summed E-state index contributed by atoms with van der Waals surface area (Å²) >= 11 is 13.6. The first-order chi connectivity index (χ1) is 10.1. The lowest BCUT2D eigenvalue weighted by Crippen LogP contribution is -2.03. The van der Waals surface area contributed by atoms with Crippen LogP contribution in [0.25, 0.3) is 11.0 Å². The van der Waals surface area contributed by atoms with Gasteiger partial charge in [0.2, 0.25) is 0 Å². The summed E-state index contributed by atoms with van der Waals surface area (Å²) in [6.45, 7) is 4.86. The minimum Gasteiger partial charge on any atom is -0.378 e. The van der Waals surface area contributed by atoms with Crippen LogP contribution in [-0.2, 0) is 6.54 Å². The summed E-state index contributed by atoms with van der Waals surface area (Å²) in [4.78, 5) is 0. The highest BCUT2D eigenvalue weighted by Gasteiger charge is 2.14. The number of rotatable bonds is 3. The van der Waals surface area contributed by atoms with E-state index in [4.69, 9.17) is 23.2 Å². The van der Waals surface area contributed by atoms with Crippen molar-refractivity contribution in [2.24, 2.45) is 0 Å². The van der Waals surface area contributed by atoms with Crippen molar-refractivity contribution in [1.29, 1.82) is 0 Å². The van der Waals surface area contributed by atoms with Gasteiger partial charge in [-0.1, -0.05) is 47.0 Å². The molecule has 1 N–H and O–H groups in total. The van der Waals surface area contributed by atoms with E-state index < -0.39 is 0 Å². The molecule has 1 aromatic heterocycles. The molecule has 0 saturated heterocycles. The molecule has 0 fully saturated rings. The summed E-state index contributed by atoms with van der Waals surface area (Å²) in [5.74, 6) is 0. The van der Waals surface area contributed by atoms with Gasteiger partial charge >= 0.3 is 0 Å². The number of anilines is 1. The molecule has 21 heavy (non-hydrogen) atoms. The maximum atomic E-state index is 6.29. The monoisotopic (exact) mass is 337 g/mol. The minimum atomic E-state index is 0.529. The maximum Gasteiger partial charge on any atom is 0.130 e. The van der Waals surface area contributed by atoms with E-state index in [9.17, 15) is 0 Å². The predicted octanol–water partition coefficient (Wildman–Crippen LogP) is 5.23. The molecule has 6 heteroatoms. The molecule has 3 rings (SSSR count). The SMILES string of the molecule is Cc1ccc(C)c(CNc2c(Cl)cc(Cl)c3nsnc23)c1. The first-order valence-electron chi connectivity index (χ1n) is 6.46. The third-order valence-corrected chi connectivity index (χ3v) is 4.52. The van der Waals surface area contributed by atoms with Gasteiger partial charge in [0.25, 0.3) is 0 Å². The number of nitrogens with one attached hydrogen (secondary N) is 1. The number of aryl methyl sites for hydroxylation is 2. The molecule has 0 bridgehead atoms. The molecule has 0 aliphatic rings. The number of aromatic nitrogens is 2. The van der Waals surface area contributed by atoms with E-state index in [1.807, 2.05) is 0 Å². The van der Waals surface area contributed by atoms with Crippen LogP contribution in [0, 0.1) is 13.8 Å². The molecule has 0 aliphatic heterocycles. The smallest absolute Gasteiger partial charge is 0.130 e. The molecular formula is C15H13Cl2N3S. The van der Waals surface area contributed by atoms with Crippen LogP contribution in [0.3, 0.4) is 0 Å². The lowest BCUT2D eigenvalue weighted by molar-refractivity contribution is 1.11. The van der Waals surface area contributed by atoms with Gasteiger partial charge in [-0.3, -0.25) is 0 Å². The number of fused-ring (bicyclic) bond motifs is 1. The molecule has 3 aromatic rings. The van der Waals surface area contributed by atoms with Crippen LogP contribution < -0.4 is 5.32 Å². The summed E-state index contributed by atoms with van der Waals surface area (Å²) in [5, 5.41) is 4.46. The summed E-state index contributed by atoms with van der Waals surface area (Å²) in [7, 11) is 0. The van der Waals surface area contributed by atoms with Crippen molar-refractivity contribution in [2.45, 2.75) is 20.4 Å². The zero-order valence-corrected chi connectivity index (χ0v) is 13.9. The Bertz CT molecular complexity index is 814. The predicted molar refractivity (Wildman–Crippen MR) is 90.7 cm³/mol. The molecule has 0 amide bonds. The van der Waals surface area contributed by atoms with Crippen molar-refractivity contribution in [3.8, 4) is 0 Å². The van der Waals surface area contributed by atoms with Crippen molar-refractivity contribution in [3.63, 3.8) is 0 Å². The Morgan fingerprint density at radius 3 is 2.62 bits per heavy atom. The van der Waals surface area contributed by atoms with Crippen LogP contribution in [0.15, 0.2) is 24.3 Å². The summed E-state index contributed by atoms with van der Waals surface area (Å²) < 4.78 is 8.50. The van der Waals surface area contributed by atoms with Gasteiger partial charge < -0.3 is 5.32 Å². The normalized spacial score (nSPS) is 11.0. The van der Waals surface area contributed by atoms with Gasteiger partial charge in [0.15, 0.2) is 0 Å². The summed E-state index contributed by atoms with van der Waals surface area (Å²) in [6, 6.07) is 8.10. The first-order valence-corrected chi connectivity index (χ1v) is 7.95. The second-order valence-electron chi connectivity index (χ2n) is 4.96. The third kappa shape index (κ3) is 2.84. The molecule has 0 aliphatic carbocycles. The van der Waals surface area contributed by atoms with Crippen LogP contribution in [0.1, 0.15) is 16.7 Å². The minimum absolute atomic E-state index is 0.529. The van der Waals surface area contributed by atoms with Crippen molar-refractivity contribution in [2.75, 3.05) is 5.32 Å². The molecular weight excluding hydrogens is 325 g/mol. The van der Waals surface area contributed by atoms with E-state index in [0.29, 0.717) is 22.1 Å². The Morgan fingerprint density at radius 2 is 1.81 bits per heavy atom. The van der Waals surface area contributed by atoms with E-state index in [1.54, 1.807) is 6.07 Å². The molecule has 0 radical (unpaired) electrons. The van der Waals surface area contributed by atoms with Crippen LogP contribution >= 0.6 is 34.9 Å². The van der Waals surface area contributed by atoms with Gasteiger partial charge in [-0.15, -0.1) is 0 Å². The molecule has 2 aromatic carbocycles. The van der Waals surface area contributed by atoms with Crippen molar-refractivity contribution < 1.29 is 0 Å². The molecule has 1 heterocycles. The van der Waals surface area contributed by atoms with Crippen LogP contribution in [0.2, 0.25) is 10.0 Å². The van der Waals surface area contributed by atoms with Gasteiger partial charge in [-0.2, -0.15) is 8.75 Å². The lowest BCUT2D eigenvalue weighted by atomic mass is 10.1. The van der Waals surface area contributed by atoms with Gasteiger partial charge in [0.1, 0.15) is 11.0 Å². The van der Waals surface area contributed by atoms with E-state index in [-0.39, 0.29) is 0 Å². The fourth-order valence-electron chi connectivity index (χ4n) is 2.22. The molecule has 0 saturated carbocycles. The molecule has 0 atom stereocenters. The topological polar surface area (TPSA) is 37.8 Å². The van der Waals surface area contributed by atoms with Crippen LogP contribution in [-0.4, -0.2) is 8.75 Å². The van der Waals surface area contributed by atoms with E-state index in [1.165, 1.54) is 16.7 Å². The van der Waals surface area contributed by atoms with Gasteiger partial charge in [-0.05, 0) is 31.0 Å². The highest BCUT2D eigenvalue weighted by atomic mass is 35.5. The zero-order chi connectivity index (χ0) is 15.0. The Balaban J connectivity index is 1.95. The molecule has 0 unspecified atom stereocenters. The van der Waals surface area contributed by atoms with E-state index >= 15 is 0 Å². The average molecular weight is 338 g/mol. The van der Waals surface area contributed by atoms with E-state index in [0.717, 1.165) is 22.9 Å². The zero-order valence-electron chi connectivity index (χ0n) is 11.6. The Kier molecular flexibility index (Phi) is 4.02. The van der Waals surface area contributed by atoms with Crippen molar-refractivity contribution in [1.82, 2.24) is 8.75 Å². The molecule has 3 nitrogen and oxygen atoms in total. The summed E-state index contributed by atoms with van der Waals surface area (Å²) in [6.07, 6.45) is 0. The molecule has 108 valence electrons. The van der Waals surface area contributed by atoms with Crippen LogP contribution in [0.5, 0.6) is 0 Å². The standard InChI is InChI=1S/C15H13Cl2N3S/c1-8-3-4-9(2)10(5-8)7-18-13-11(16)6-12(17)14-15(13)20-21-19-14/h3-6,18H,7H2,1-2H3. The Hall–Kier alpha value is -1.36. The van der Waals surface area contributed by atoms with Crippen molar-refractivity contribution >= 4 is 51.7 Å². The summed E-state index contributed by atoms with van der Waals surface area (Å²) in [5.41, 5.74) is 5.91. The number of hydrogen-bond acceptors (Lipinski definition) is 4. The fraction of sp³-hybridized carbons (Fsp3) is 0.200. The Labute approximate surface area is 137 Å². The first kappa shape index (κ1) is 14.6. The highest BCUT2D eigenvalue weighted by Crippen LogP contribution is 2.35. The van der Waals surface area contributed by atoms with E-state index in [2.05, 4.69) is 46.1 Å². The van der Waals surface area contributed by atoms with Crippen LogP contribution in [0.4, 0.5) is 5.69 Å². The largest absolute Gasteiger partial charge is 0.378 e. The average Bonchev–Trinajstić information content (AvgIpc) is 2.92. The number of nitrogens with zero attached hydrogens (tertiary/aromatic N) is 2. The quantitative estimate of drug-likeness (QED) is 0.711. The van der Waals surface area contributed by atoms with Crippen molar-refractivity contribution in [3.05, 3.63) is 51.0 Å². The molecule has 0 spiro atoms. The number of hydrogen-bond donors (Lipinski definition) is 1. The second-order valence-corrected chi connectivity index (χ2v) is 6.30. The van der Waals surface area contributed by atoms with Gasteiger partial charge in [-0.25, -0.2) is 0 Å². The van der Waals surface area contributed by atoms with Gasteiger partial charge in [0, 0.05) is 6.54 Å². The van der Waals surface area contributed by atoms with Gasteiger partial charge in [0.05, 0.1) is 27.5 Å².